The first-order valence-electron chi connectivity index (χ1n) is 20.0. The van der Waals surface area contributed by atoms with E-state index >= 15 is 8.78 Å². The molecule has 6 heterocycles. The molecule has 3 aliphatic heterocycles. The standard InChI is InChI=1S/C43H43F5N8O5/c1-5-29-32(44)11-10-25-18-28(57)20-30(34(25)29)36-35(45)37-31(22-49-36)38(55-16-7-6-8-17-56(55)40(58)61-41(2,3)4)52-39(51-37)60-24-42-13-9-15-54(42)27(12-14-42)23-59-33-19-26(21-50-53-33)43(46,47)48/h1,10-11,18-22,27,57H,6-9,12-17,23-24H2,2-4H3. The third-order valence-electron chi connectivity index (χ3n) is 11.4. The number of carbonyl (C=O) groups excluding carboxylic acids is 1. The minimum Gasteiger partial charge on any atom is -0.508 e. The molecule has 3 aliphatic rings. The fourth-order valence-corrected chi connectivity index (χ4v) is 8.63. The summed E-state index contributed by atoms with van der Waals surface area (Å²) in [5, 5.41) is 21.6. The van der Waals surface area contributed by atoms with Gasteiger partial charge < -0.3 is 19.3 Å². The minimum atomic E-state index is -4.60. The van der Waals surface area contributed by atoms with Crippen molar-refractivity contribution in [1.29, 1.82) is 0 Å². The monoisotopic (exact) mass is 846 g/mol. The van der Waals surface area contributed by atoms with Gasteiger partial charge in [-0.05, 0) is 95.8 Å². The molecule has 8 rings (SSSR count). The Hall–Kier alpha value is -6.09. The summed E-state index contributed by atoms with van der Waals surface area (Å²) in [6.07, 6.45) is 7.49. The second-order valence-corrected chi connectivity index (χ2v) is 16.6. The number of fused-ring (bicyclic) bond motifs is 3. The van der Waals surface area contributed by atoms with E-state index in [4.69, 9.17) is 25.6 Å². The van der Waals surface area contributed by atoms with E-state index < -0.39 is 40.6 Å². The van der Waals surface area contributed by atoms with Gasteiger partial charge in [0.2, 0.25) is 5.88 Å². The zero-order valence-corrected chi connectivity index (χ0v) is 33.7. The van der Waals surface area contributed by atoms with Crippen LogP contribution in [0.25, 0.3) is 32.9 Å². The van der Waals surface area contributed by atoms with Crippen molar-refractivity contribution in [2.75, 3.05) is 37.9 Å². The highest BCUT2D eigenvalue weighted by Crippen LogP contribution is 2.44. The Bertz CT molecular complexity index is 2550. The zero-order valence-electron chi connectivity index (χ0n) is 33.7. The van der Waals surface area contributed by atoms with Crippen molar-refractivity contribution in [3.05, 3.63) is 65.5 Å². The summed E-state index contributed by atoms with van der Waals surface area (Å²) in [7, 11) is 0. The van der Waals surface area contributed by atoms with E-state index in [9.17, 15) is 23.1 Å². The van der Waals surface area contributed by atoms with Crippen molar-refractivity contribution in [2.24, 2.45) is 0 Å². The highest BCUT2D eigenvalue weighted by atomic mass is 19.4. The molecule has 61 heavy (non-hydrogen) atoms. The number of phenolic OH excluding ortho intramolecular Hbond substituents is 1. The average Bonchev–Trinajstić information content (AvgIpc) is 3.67. The Morgan fingerprint density at radius 1 is 1.00 bits per heavy atom. The Morgan fingerprint density at radius 2 is 1.80 bits per heavy atom. The topological polar surface area (TPSA) is 139 Å². The molecular formula is C43H43F5N8O5. The first kappa shape index (κ1) is 41.6. The summed E-state index contributed by atoms with van der Waals surface area (Å²) in [6, 6.07) is 5.70. The van der Waals surface area contributed by atoms with Gasteiger partial charge in [-0.3, -0.25) is 14.9 Å². The number of anilines is 1. The lowest BCUT2D eigenvalue weighted by molar-refractivity contribution is -0.138. The molecule has 18 heteroatoms. The van der Waals surface area contributed by atoms with Gasteiger partial charge in [0.05, 0.1) is 28.2 Å². The largest absolute Gasteiger partial charge is 0.508 e. The van der Waals surface area contributed by atoms with E-state index in [2.05, 4.69) is 31.0 Å². The quantitative estimate of drug-likeness (QED) is 0.119. The van der Waals surface area contributed by atoms with Crippen molar-refractivity contribution in [3.8, 4) is 41.2 Å². The number of amides is 1. The van der Waals surface area contributed by atoms with Gasteiger partial charge >= 0.3 is 18.3 Å². The van der Waals surface area contributed by atoms with Crippen LogP contribution in [-0.2, 0) is 10.9 Å². The number of carbonyl (C=O) groups is 1. The van der Waals surface area contributed by atoms with Gasteiger partial charge in [0.15, 0.2) is 11.6 Å². The Kier molecular flexibility index (Phi) is 11.0. The summed E-state index contributed by atoms with van der Waals surface area (Å²) >= 11 is 0. The van der Waals surface area contributed by atoms with Crippen LogP contribution in [0.4, 0.5) is 32.6 Å². The number of hydrazine groups is 1. The molecule has 2 aromatic carbocycles. The molecule has 5 aromatic rings. The van der Waals surface area contributed by atoms with Gasteiger partial charge in [-0.15, -0.1) is 11.5 Å². The fourth-order valence-electron chi connectivity index (χ4n) is 8.63. The van der Waals surface area contributed by atoms with Gasteiger partial charge in [-0.2, -0.15) is 28.2 Å². The van der Waals surface area contributed by atoms with Crippen LogP contribution >= 0.6 is 0 Å². The zero-order chi connectivity index (χ0) is 43.3. The Labute approximate surface area is 347 Å². The smallest absolute Gasteiger partial charge is 0.429 e. The third kappa shape index (κ3) is 8.22. The predicted molar refractivity (Wildman–Crippen MR) is 214 cm³/mol. The van der Waals surface area contributed by atoms with Crippen molar-refractivity contribution in [2.45, 2.75) is 89.1 Å². The summed E-state index contributed by atoms with van der Waals surface area (Å²) in [5.41, 5.74) is -2.89. The third-order valence-corrected chi connectivity index (χ3v) is 11.4. The summed E-state index contributed by atoms with van der Waals surface area (Å²) in [4.78, 5) is 29.8. The summed E-state index contributed by atoms with van der Waals surface area (Å²) in [6.45, 7) is 6.69. The molecule has 3 fully saturated rings. The molecule has 0 radical (unpaired) electrons. The lowest BCUT2D eigenvalue weighted by Gasteiger charge is -2.36. The van der Waals surface area contributed by atoms with E-state index in [1.807, 2.05) is 0 Å². The van der Waals surface area contributed by atoms with Crippen LogP contribution in [0.15, 0.2) is 42.7 Å². The maximum atomic E-state index is 17.3. The van der Waals surface area contributed by atoms with Crippen LogP contribution in [-0.4, -0.2) is 96.3 Å². The summed E-state index contributed by atoms with van der Waals surface area (Å²) in [5.74, 6) is 0.382. The van der Waals surface area contributed by atoms with Crippen LogP contribution in [0.2, 0.25) is 0 Å². The normalized spacial score (nSPS) is 19.8. The number of halogens is 5. The van der Waals surface area contributed by atoms with Crippen molar-refractivity contribution >= 4 is 33.6 Å². The molecule has 3 aromatic heterocycles. The summed E-state index contributed by atoms with van der Waals surface area (Å²) < 4.78 is 90.2. The number of hydrogen-bond donors (Lipinski definition) is 1. The highest BCUT2D eigenvalue weighted by molar-refractivity contribution is 6.03. The lowest BCUT2D eigenvalue weighted by atomic mass is 9.95. The molecule has 1 N–H and O–H groups in total. The molecule has 2 atom stereocenters. The number of rotatable bonds is 8. The number of phenols is 1. The van der Waals surface area contributed by atoms with E-state index in [0.29, 0.717) is 50.4 Å². The number of aromatic hydroxyl groups is 1. The van der Waals surface area contributed by atoms with Crippen LogP contribution in [0.3, 0.4) is 0 Å². The number of alkyl halides is 3. The number of terminal acetylenes is 1. The number of ether oxygens (including phenoxy) is 3. The van der Waals surface area contributed by atoms with E-state index in [1.165, 1.54) is 35.5 Å². The average molecular weight is 847 g/mol. The van der Waals surface area contributed by atoms with Gasteiger partial charge in [0.25, 0.3) is 0 Å². The molecular weight excluding hydrogens is 804 g/mol. The molecule has 13 nitrogen and oxygen atoms in total. The van der Waals surface area contributed by atoms with Crippen molar-refractivity contribution < 1.29 is 46.1 Å². The fraction of sp³-hybridized carbons (Fsp3) is 0.442. The van der Waals surface area contributed by atoms with Gasteiger partial charge in [0, 0.05) is 42.3 Å². The molecule has 3 saturated heterocycles. The molecule has 320 valence electrons. The second kappa shape index (κ2) is 16.1. The molecule has 1 amide bonds. The minimum absolute atomic E-state index is 0.0328. The molecule has 2 unspecified atom stereocenters. The first-order chi connectivity index (χ1) is 29.0. The second-order valence-electron chi connectivity index (χ2n) is 16.6. The van der Waals surface area contributed by atoms with E-state index in [1.54, 1.807) is 25.8 Å². The van der Waals surface area contributed by atoms with Crippen LogP contribution in [0.5, 0.6) is 17.6 Å². The van der Waals surface area contributed by atoms with E-state index in [0.717, 1.165) is 25.3 Å². The van der Waals surface area contributed by atoms with Crippen molar-refractivity contribution in [1.82, 2.24) is 35.1 Å². The Morgan fingerprint density at radius 3 is 2.57 bits per heavy atom. The number of aromatic nitrogens is 5. The van der Waals surface area contributed by atoms with Gasteiger partial charge in [-0.1, -0.05) is 12.0 Å². The maximum absolute atomic E-state index is 17.3. The number of nitrogens with zero attached hydrogens (tertiary/aromatic N) is 8. The molecule has 0 spiro atoms. The number of pyridine rings is 1. The van der Waals surface area contributed by atoms with Gasteiger partial charge in [-0.25, -0.2) is 18.6 Å². The lowest BCUT2D eigenvalue weighted by Crippen LogP contribution is -2.49. The molecule has 0 aliphatic carbocycles. The highest BCUT2D eigenvalue weighted by Gasteiger charge is 2.50. The van der Waals surface area contributed by atoms with Crippen molar-refractivity contribution in [3.63, 3.8) is 0 Å². The first-order valence-corrected chi connectivity index (χ1v) is 20.0. The number of hydrogen-bond acceptors (Lipinski definition) is 12. The van der Waals surface area contributed by atoms with Gasteiger partial charge in [0.1, 0.15) is 41.6 Å². The maximum Gasteiger partial charge on any atom is 0.429 e. The van der Waals surface area contributed by atoms with Crippen LogP contribution in [0, 0.1) is 24.0 Å². The predicted octanol–water partition coefficient (Wildman–Crippen LogP) is 8.22. The number of benzene rings is 2. The molecule has 0 bridgehead atoms. The molecule has 0 saturated carbocycles. The van der Waals surface area contributed by atoms with Crippen LogP contribution in [0.1, 0.15) is 76.8 Å². The SMILES string of the molecule is C#Cc1c(F)ccc2cc(O)cc(-c3ncc4c(N5CCCCCN5C(=O)OC(C)(C)C)nc(OCC56CCCN5C(COc5cc(C(F)(F)F)cnn5)CC6)nc4c3F)c12. The Balaban J connectivity index is 1.18. The van der Waals surface area contributed by atoms with E-state index in [-0.39, 0.29) is 82.4 Å². The van der Waals surface area contributed by atoms with Crippen LogP contribution < -0.4 is 14.5 Å².